The van der Waals surface area contributed by atoms with Gasteiger partial charge >= 0.3 is 0 Å². The van der Waals surface area contributed by atoms with Crippen LogP contribution in [0.1, 0.15) is 13.3 Å². The monoisotopic (exact) mass is 216 g/mol. The number of carbonyl (C=O) groups is 1. The predicted octanol–water partition coefficient (Wildman–Crippen LogP) is -0.402. The van der Waals surface area contributed by atoms with Crippen molar-refractivity contribution in [3.8, 4) is 0 Å². The molecule has 88 valence electrons. The van der Waals surface area contributed by atoms with E-state index in [-0.39, 0.29) is 12.0 Å². The number of ether oxygens (including phenoxy) is 2. The van der Waals surface area contributed by atoms with Crippen LogP contribution < -0.4 is 5.73 Å². The highest BCUT2D eigenvalue weighted by Gasteiger charge is 2.28. The maximum Gasteiger partial charge on any atom is 0.247 e. The number of amides is 1. The molecular weight excluding hydrogens is 196 g/mol. The van der Waals surface area contributed by atoms with E-state index >= 15 is 0 Å². The molecule has 0 spiro atoms. The molecule has 5 nitrogen and oxygen atoms in total. The lowest BCUT2D eigenvalue weighted by atomic mass is 10.2. The Morgan fingerprint density at radius 2 is 2.33 bits per heavy atom. The highest BCUT2D eigenvalue weighted by Crippen LogP contribution is 2.11. The minimum absolute atomic E-state index is 0.0683. The largest absolute Gasteiger partial charge is 0.385 e. The fraction of sp³-hybridized carbons (Fsp3) is 0.900. The molecule has 5 heteroatoms. The van der Waals surface area contributed by atoms with E-state index < -0.39 is 6.10 Å². The van der Waals surface area contributed by atoms with Gasteiger partial charge in [0.15, 0.2) is 0 Å². The summed E-state index contributed by atoms with van der Waals surface area (Å²) in [5.74, 6) is -0.377. The second-order valence-electron chi connectivity index (χ2n) is 3.94. The molecule has 0 radical (unpaired) electrons. The molecule has 0 unspecified atom stereocenters. The van der Waals surface area contributed by atoms with Crippen LogP contribution in [0.5, 0.6) is 0 Å². The first-order valence-electron chi connectivity index (χ1n) is 5.29. The molecule has 2 N–H and O–H groups in total. The first kappa shape index (κ1) is 12.4. The summed E-state index contributed by atoms with van der Waals surface area (Å²) in [5.41, 5.74) is 5.23. The summed E-state index contributed by atoms with van der Waals surface area (Å²) in [6.45, 7) is 5.08. The highest BCUT2D eigenvalue weighted by atomic mass is 16.5. The van der Waals surface area contributed by atoms with Crippen LogP contribution in [0.2, 0.25) is 0 Å². The first-order chi connectivity index (χ1) is 7.13. The molecule has 1 amide bonds. The molecule has 1 rings (SSSR count). The summed E-state index contributed by atoms with van der Waals surface area (Å²) in [6.07, 6.45) is 0.574. The van der Waals surface area contributed by atoms with E-state index in [0.29, 0.717) is 6.54 Å². The number of carbonyl (C=O) groups excluding carboxylic acids is 1. The average molecular weight is 216 g/mol. The van der Waals surface area contributed by atoms with Gasteiger partial charge in [-0.15, -0.1) is 0 Å². The number of nitrogens with two attached hydrogens (primary N) is 1. The fourth-order valence-electron chi connectivity index (χ4n) is 1.81. The minimum atomic E-state index is -0.462. The van der Waals surface area contributed by atoms with E-state index in [1.807, 2.05) is 6.92 Å². The predicted molar refractivity (Wildman–Crippen MR) is 56.5 cm³/mol. The van der Waals surface area contributed by atoms with E-state index in [9.17, 15) is 4.79 Å². The van der Waals surface area contributed by atoms with Gasteiger partial charge in [-0.3, -0.25) is 9.69 Å². The fourth-order valence-corrected chi connectivity index (χ4v) is 1.81. The van der Waals surface area contributed by atoms with Gasteiger partial charge in [0.05, 0.1) is 6.10 Å². The summed E-state index contributed by atoms with van der Waals surface area (Å²) in [6, 6.07) is 0. The van der Waals surface area contributed by atoms with Gasteiger partial charge in [0.2, 0.25) is 5.91 Å². The van der Waals surface area contributed by atoms with Crippen molar-refractivity contribution < 1.29 is 14.3 Å². The third-order valence-corrected chi connectivity index (χ3v) is 2.48. The summed E-state index contributed by atoms with van der Waals surface area (Å²) >= 11 is 0. The van der Waals surface area contributed by atoms with E-state index in [4.69, 9.17) is 15.2 Å². The molecule has 1 fully saturated rings. The number of primary amides is 1. The zero-order valence-electron chi connectivity index (χ0n) is 9.44. The van der Waals surface area contributed by atoms with Crippen molar-refractivity contribution in [2.24, 2.45) is 5.73 Å². The van der Waals surface area contributed by atoms with E-state index in [0.717, 1.165) is 26.1 Å². The summed E-state index contributed by atoms with van der Waals surface area (Å²) in [4.78, 5) is 13.2. The molecule has 0 saturated carbocycles. The Morgan fingerprint density at radius 3 is 2.93 bits per heavy atom. The highest BCUT2D eigenvalue weighted by molar-refractivity contribution is 5.79. The molecule has 1 heterocycles. The summed E-state index contributed by atoms with van der Waals surface area (Å²) in [7, 11) is 1.69. The molecule has 0 aromatic rings. The Kier molecular flexibility index (Phi) is 5.01. The van der Waals surface area contributed by atoms with Gasteiger partial charge in [-0.25, -0.2) is 0 Å². The van der Waals surface area contributed by atoms with Crippen molar-refractivity contribution in [2.45, 2.75) is 25.6 Å². The second kappa shape index (κ2) is 6.05. The SMILES string of the molecule is COCCCN1C[C@@H](C)O[C@H](C(N)=O)C1. The first-order valence-corrected chi connectivity index (χ1v) is 5.29. The molecule has 0 aromatic carbocycles. The zero-order chi connectivity index (χ0) is 11.3. The Morgan fingerprint density at radius 1 is 1.60 bits per heavy atom. The lowest BCUT2D eigenvalue weighted by Crippen LogP contribution is -2.51. The third-order valence-electron chi connectivity index (χ3n) is 2.48. The van der Waals surface area contributed by atoms with Crippen LogP contribution in [0.3, 0.4) is 0 Å². The normalized spacial score (nSPS) is 27.9. The molecule has 15 heavy (non-hydrogen) atoms. The Hall–Kier alpha value is -0.650. The lowest BCUT2D eigenvalue weighted by Gasteiger charge is -2.35. The maximum atomic E-state index is 11.0. The van der Waals surface area contributed by atoms with E-state index in [2.05, 4.69) is 4.90 Å². The van der Waals surface area contributed by atoms with E-state index in [1.165, 1.54) is 0 Å². The molecule has 1 aliphatic rings. The number of hydrogen-bond donors (Lipinski definition) is 1. The average Bonchev–Trinajstić information content (AvgIpc) is 2.17. The van der Waals surface area contributed by atoms with Gasteiger partial charge in [-0.1, -0.05) is 0 Å². The number of rotatable bonds is 5. The molecule has 0 aromatic heterocycles. The molecule has 1 saturated heterocycles. The zero-order valence-corrected chi connectivity index (χ0v) is 9.44. The van der Waals surface area contributed by atoms with Gasteiger partial charge in [-0.2, -0.15) is 0 Å². The van der Waals surface area contributed by atoms with E-state index in [1.54, 1.807) is 7.11 Å². The van der Waals surface area contributed by atoms with Crippen LogP contribution in [-0.4, -0.2) is 56.4 Å². The van der Waals surface area contributed by atoms with Crippen molar-refractivity contribution in [2.75, 3.05) is 33.4 Å². The van der Waals surface area contributed by atoms with Crippen molar-refractivity contribution in [1.29, 1.82) is 0 Å². The number of morpholine rings is 1. The van der Waals surface area contributed by atoms with Crippen LogP contribution in [0.25, 0.3) is 0 Å². The van der Waals surface area contributed by atoms with Crippen LogP contribution in [0.4, 0.5) is 0 Å². The quantitative estimate of drug-likeness (QED) is 0.635. The second-order valence-corrected chi connectivity index (χ2v) is 3.94. The van der Waals surface area contributed by atoms with Gasteiger partial charge < -0.3 is 15.2 Å². The van der Waals surface area contributed by atoms with Crippen LogP contribution in [-0.2, 0) is 14.3 Å². The van der Waals surface area contributed by atoms with Crippen LogP contribution >= 0.6 is 0 Å². The molecule has 0 bridgehead atoms. The summed E-state index contributed by atoms with van der Waals surface area (Å²) < 4.78 is 10.4. The van der Waals surface area contributed by atoms with Gasteiger partial charge in [0.25, 0.3) is 0 Å². The topological polar surface area (TPSA) is 64.8 Å². The third kappa shape index (κ3) is 4.15. The van der Waals surface area contributed by atoms with Crippen molar-refractivity contribution >= 4 is 5.91 Å². The lowest BCUT2D eigenvalue weighted by molar-refractivity contribution is -0.142. The van der Waals surface area contributed by atoms with Gasteiger partial charge in [0.1, 0.15) is 6.10 Å². The van der Waals surface area contributed by atoms with Crippen molar-refractivity contribution in [1.82, 2.24) is 4.90 Å². The number of hydrogen-bond acceptors (Lipinski definition) is 4. The van der Waals surface area contributed by atoms with Gasteiger partial charge in [0, 0.05) is 33.4 Å². The Labute approximate surface area is 90.5 Å². The Balaban J connectivity index is 2.34. The summed E-state index contributed by atoms with van der Waals surface area (Å²) in [5, 5.41) is 0. The standard InChI is InChI=1S/C10H20N2O3/c1-8-6-12(4-3-5-14-2)7-9(15-8)10(11)13/h8-9H,3-7H2,1-2H3,(H2,11,13)/t8-,9+/m1/s1. The molecule has 0 aliphatic carbocycles. The maximum absolute atomic E-state index is 11.0. The van der Waals surface area contributed by atoms with Gasteiger partial charge in [-0.05, 0) is 13.3 Å². The Bertz CT molecular complexity index is 211. The molecular formula is C10H20N2O3. The molecule has 2 atom stereocenters. The number of methoxy groups -OCH3 is 1. The van der Waals surface area contributed by atoms with Crippen LogP contribution in [0, 0.1) is 0 Å². The van der Waals surface area contributed by atoms with Crippen molar-refractivity contribution in [3.05, 3.63) is 0 Å². The smallest absolute Gasteiger partial charge is 0.247 e. The van der Waals surface area contributed by atoms with Crippen LogP contribution in [0.15, 0.2) is 0 Å². The molecule has 1 aliphatic heterocycles. The number of nitrogens with zero attached hydrogens (tertiary/aromatic N) is 1. The minimum Gasteiger partial charge on any atom is -0.385 e. The van der Waals surface area contributed by atoms with Crippen molar-refractivity contribution in [3.63, 3.8) is 0 Å².